The van der Waals surface area contributed by atoms with Gasteiger partial charge >= 0.3 is 5.97 Å². The number of nitrogens with one attached hydrogen (secondary N) is 1. The number of rotatable bonds is 8. The second kappa shape index (κ2) is 9.66. The average Bonchev–Trinajstić information content (AvgIpc) is 3.16. The molecule has 1 heterocycles. The number of benzene rings is 2. The number of nitrogens with zero attached hydrogens (tertiary/aromatic N) is 1. The molecule has 0 saturated carbocycles. The van der Waals surface area contributed by atoms with E-state index in [0.29, 0.717) is 18.0 Å². The highest BCUT2D eigenvalue weighted by atomic mass is 32.1. The Morgan fingerprint density at radius 2 is 1.93 bits per heavy atom. The van der Waals surface area contributed by atoms with E-state index >= 15 is 0 Å². The molecule has 0 radical (unpaired) electrons. The van der Waals surface area contributed by atoms with Gasteiger partial charge in [-0.3, -0.25) is 4.79 Å². The number of aromatic nitrogens is 1. The monoisotopic (exact) mass is 396 g/mol. The lowest BCUT2D eigenvalue weighted by Crippen LogP contribution is -2.16. The van der Waals surface area contributed by atoms with Crippen LogP contribution in [-0.2, 0) is 20.7 Å². The van der Waals surface area contributed by atoms with Crippen LogP contribution in [0.1, 0.15) is 12.6 Å². The van der Waals surface area contributed by atoms with E-state index in [9.17, 15) is 9.59 Å². The van der Waals surface area contributed by atoms with Gasteiger partial charge in [0.2, 0.25) is 5.91 Å². The number of carbonyl (C=O) groups excluding carboxylic acids is 2. The maximum absolute atomic E-state index is 12.3. The molecule has 144 valence electrons. The third kappa shape index (κ3) is 5.65. The van der Waals surface area contributed by atoms with Gasteiger partial charge in [-0.2, -0.15) is 0 Å². The molecule has 7 heteroatoms. The summed E-state index contributed by atoms with van der Waals surface area (Å²) in [5.41, 5.74) is 2.34. The van der Waals surface area contributed by atoms with Gasteiger partial charge in [0, 0.05) is 22.7 Å². The highest BCUT2D eigenvalue weighted by Gasteiger charge is 2.10. The highest BCUT2D eigenvalue weighted by molar-refractivity contribution is 7.13. The van der Waals surface area contributed by atoms with Crippen LogP contribution in [0.25, 0.3) is 10.6 Å². The molecular weight excluding hydrogens is 376 g/mol. The van der Waals surface area contributed by atoms with E-state index in [-0.39, 0.29) is 18.9 Å². The zero-order valence-electron chi connectivity index (χ0n) is 15.4. The van der Waals surface area contributed by atoms with Crippen LogP contribution in [0.3, 0.4) is 0 Å². The summed E-state index contributed by atoms with van der Waals surface area (Å²) in [5, 5.41) is 5.60. The molecule has 6 nitrogen and oxygen atoms in total. The zero-order chi connectivity index (χ0) is 19.8. The molecule has 2 aromatic carbocycles. The number of amides is 1. The SMILES string of the molecule is CCOC(=O)COc1cccc(NC(=O)Cc2csc(-c3ccccc3)n2)c1. The van der Waals surface area contributed by atoms with Gasteiger partial charge in [-0.15, -0.1) is 11.3 Å². The molecule has 1 N–H and O–H groups in total. The van der Waals surface area contributed by atoms with Gasteiger partial charge in [0.05, 0.1) is 18.7 Å². The third-order valence-electron chi connectivity index (χ3n) is 3.69. The van der Waals surface area contributed by atoms with E-state index < -0.39 is 5.97 Å². The van der Waals surface area contributed by atoms with Gasteiger partial charge in [-0.25, -0.2) is 9.78 Å². The molecule has 0 bridgehead atoms. The van der Waals surface area contributed by atoms with Crippen molar-refractivity contribution in [3.63, 3.8) is 0 Å². The predicted molar refractivity (Wildman–Crippen MR) is 108 cm³/mol. The summed E-state index contributed by atoms with van der Waals surface area (Å²) in [5.74, 6) is -0.131. The lowest BCUT2D eigenvalue weighted by molar-refractivity contribution is -0.145. The molecule has 0 atom stereocenters. The van der Waals surface area contributed by atoms with Crippen LogP contribution in [0.15, 0.2) is 60.0 Å². The Balaban J connectivity index is 1.56. The molecule has 0 unspecified atom stereocenters. The minimum absolute atomic E-state index is 0.174. The number of carbonyl (C=O) groups is 2. The second-order valence-corrected chi connectivity index (χ2v) is 6.71. The van der Waals surface area contributed by atoms with Crippen molar-refractivity contribution in [2.45, 2.75) is 13.3 Å². The number of hydrogen-bond donors (Lipinski definition) is 1. The maximum Gasteiger partial charge on any atom is 0.344 e. The van der Waals surface area contributed by atoms with Gasteiger partial charge in [0.15, 0.2) is 6.61 Å². The molecule has 0 spiro atoms. The van der Waals surface area contributed by atoms with E-state index in [1.165, 1.54) is 11.3 Å². The topological polar surface area (TPSA) is 77.5 Å². The maximum atomic E-state index is 12.3. The Kier molecular flexibility index (Phi) is 6.75. The van der Waals surface area contributed by atoms with Gasteiger partial charge in [-0.05, 0) is 19.1 Å². The average molecular weight is 396 g/mol. The third-order valence-corrected chi connectivity index (χ3v) is 4.63. The van der Waals surface area contributed by atoms with Crippen molar-refractivity contribution in [2.24, 2.45) is 0 Å². The molecule has 1 aromatic heterocycles. The molecule has 0 aliphatic rings. The number of thiazole rings is 1. The summed E-state index contributed by atoms with van der Waals surface area (Å²) >= 11 is 1.51. The summed E-state index contributed by atoms with van der Waals surface area (Å²) in [7, 11) is 0. The van der Waals surface area contributed by atoms with Crippen molar-refractivity contribution in [1.82, 2.24) is 4.98 Å². The standard InChI is InChI=1S/C21H20N2O4S/c1-2-26-20(25)13-27-18-10-6-9-16(11-18)22-19(24)12-17-14-28-21(23-17)15-7-4-3-5-8-15/h3-11,14H,2,12-13H2,1H3,(H,22,24). The van der Waals surface area contributed by atoms with Crippen LogP contribution >= 0.6 is 11.3 Å². The molecule has 3 rings (SSSR count). The van der Waals surface area contributed by atoms with Gasteiger partial charge in [0.1, 0.15) is 10.8 Å². The minimum Gasteiger partial charge on any atom is -0.482 e. The molecule has 0 fully saturated rings. The van der Waals surface area contributed by atoms with Crippen molar-refractivity contribution < 1.29 is 19.1 Å². The van der Waals surface area contributed by atoms with Crippen LogP contribution < -0.4 is 10.1 Å². The van der Waals surface area contributed by atoms with Crippen LogP contribution in [0.4, 0.5) is 5.69 Å². The largest absolute Gasteiger partial charge is 0.482 e. The summed E-state index contributed by atoms with van der Waals surface area (Å²) in [6.45, 7) is 1.87. The number of hydrogen-bond acceptors (Lipinski definition) is 6. The van der Waals surface area contributed by atoms with Gasteiger partial charge in [-0.1, -0.05) is 36.4 Å². The summed E-state index contributed by atoms with van der Waals surface area (Å²) in [6, 6.07) is 16.7. The molecule has 28 heavy (non-hydrogen) atoms. The first kappa shape index (κ1) is 19.6. The van der Waals surface area contributed by atoms with E-state index in [0.717, 1.165) is 16.3 Å². The Labute approximate surface area is 167 Å². The van der Waals surface area contributed by atoms with Crippen LogP contribution in [0, 0.1) is 0 Å². The zero-order valence-corrected chi connectivity index (χ0v) is 16.2. The Bertz CT molecular complexity index is 940. The van der Waals surface area contributed by atoms with Gasteiger partial charge in [0.25, 0.3) is 0 Å². The fraction of sp³-hybridized carbons (Fsp3) is 0.190. The summed E-state index contributed by atoms with van der Waals surface area (Å²) in [6.07, 6.45) is 0.178. The van der Waals surface area contributed by atoms with E-state index in [1.807, 2.05) is 35.7 Å². The fourth-order valence-corrected chi connectivity index (χ4v) is 3.31. The Morgan fingerprint density at radius 3 is 2.71 bits per heavy atom. The van der Waals surface area contributed by atoms with Crippen molar-refractivity contribution >= 4 is 28.9 Å². The predicted octanol–water partition coefficient (Wildman–Crippen LogP) is 3.93. The minimum atomic E-state index is -0.435. The first-order chi connectivity index (χ1) is 13.6. The van der Waals surface area contributed by atoms with Crippen molar-refractivity contribution in [2.75, 3.05) is 18.5 Å². The molecule has 0 saturated heterocycles. The second-order valence-electron chi connectivity index (χ2n) is 5.86. The lowest BCUT2D eigenvalue weighted by Gasteiger charge is -2.08. The van der Waals surface area contributed by atoms with Gasteiger partial charge < -0.3 is 14.8 Å². The molecular formula is C21H20N2O4S. The normalized spacial score (nSPS) is 10.3. The van der Waals surface area contributed by atoms with Crippen LogP contribution in [0.2, 0.25) is 0 Å². The summed E-state index contributed by atoms with van der Waals surface area (Å²) < 4.78 is 10.2. The van der Waals surface area contributed by atoms with Crippen LogP contribution in [0.5, 0.6) is 5.75 Å². The quantitative estimate of drug-likeness (QED) is 0.584. The van der Waals surface area contributed by atoms with E-state index in [2.05, 4.69) is 10.3 Å². The Hall–Kier alpha value is -3.19. The number of anilines is 1. The molecule has 0 aliphatic carbocycles. The summed E-state index contributed by atoms with van der Waals surface area (Å²) in [4.78, 5) is 28.2. The van der Waals surface area contributed by atoms with Crippen LogP contribution in [-0.4, -0.2) is 30.1 Å². The first-order valence-electron chi connectivity index (χ1n) is 8.82. The van der Waals surface area contributed by atoms with E-state index in [4.69, 9.17) is 9.47 Å². The number of ether oxygens (including phenoxy) is 2. The van der Waals surface area contributed by atoms with Crippen molar-refractivity contribution in [1.29, 1.82) is 0 Å². The highest BCUT2D eigenvalue weighted by Crippen LogP contribution is 2.24. The van der Waals surface area contributed by atoms with Crippen molar-refractivity contribution in [3.05, 3.63) is 65.7 Å². The number of esters is 1. The Morgan fingerprint density at radius 1 is 1.11 bits per heavy atom. The fourth-order valence-electron chi connectivity index (χ4n) is 2.48. The molecule has 3 aromatic rings. The molecule has 0 aliphatic heterocycles. The smallest absolute Gasteiger partial charge is 0.344 e. The lowest BCUT2D eigenvalue weighted by atomic mass is 10.2. The molecule has 1 amide bonds. The van der Waals surface area contributed by atoms with E-state index in [1.54, 1.807) is 31.2 Å². The van der Waals surface area contributed by atoms with Crippen molar-refractivity contribution in [3.8, 4) is 16.3 Å². The first-order valence-corrected chi connectivity index (χ1v) is 9.70.